The third kappa shape index (κ3) is 4.41. The molecule has 3 N–H and O–H groups in total. The van der Waals surface area contributed by atoms with E-state index in [2.05, 4.69) is 26.5 Å². The van der Waals surface area contributed by atoms with Gasteiger partial charge < -0.3 is 14.9 Å². The number of aliphatic hydroxyl groups excluding tert-OH is 2. The van der Waals surface area contributed by atoms with Crippen molar-refractivity contribution in [3.05, 3.63) is 63.1 Å². The first-order chi connectivity index (χ1) is 11.6. The van der Waals surface area contributed by atoms with E-state index in [9.17, 15) is 15.0 Å². The molecule has 0 spiro atoms. The number of hydrogen-bond acceptors (Lipinski definition) is 5. The lowest BCUT2D eigenvalue weighted by Crippen LogP contribution is -2.18. The van der Waals surface area contributed by atoms with Crippen molar-refractivity contribution >= 4 is 28.1 Å². The highest BCUT2D eigenvalue weighted by Gasteiger charge is 2.14. The van der Waals surface area contributed by atoms with Gasteiger partial charge in [0.2, 0.25) is 0 Å². The van der Waals surface area contributed by atoms with Crippen molar-refractivity contribution in [1.29, 1.82) is 0 Å². The number of methoxy groups -OCH3 is 1. The summed E-state index contributed by atoms with van der Waals surface area (Å²) in [6.07, 6.45) is 1.52. The number of carbonyl (C=O) groups is 1. The summed E-state index contributed by atoms with van der Waals surface area (Å²) in [5, 5.41) is 22.7. The molecule has 126 valence electrons. The van der Waals surface area contributed by atoms with Crippen LogP contribution in [0.3, 0.4) is 0 Å². The molecule has 2 aromatic rings. The average molecular weight is 393 g/mol. The summed E-state index contributed by atoms with van der Waals surface area (Å²) in [7, 11) is 1.43. The van der Waals surface area contributed by atoms with E-state index in [1.165, 1.54) is 25.5 Å². The predicted molar refractivity (Wildman–Crippen MR) is 94.0 cm³/mol. The largest absolute Gasteiger partial charge is 0.496 e. The second kappa shape index (κ2) is 8.58. The number of halogens is 1. The summed E-state index contributed by atoms with van der Waals surface area (Å²) in [4.78, 5) is 12.2. The number of carbonyl (C=O) groups excluding carboxylic acids is 1. The van der Waals surface area contributed by atoms with Gasteiger partial charge in [-0.2, -0.15) is 5.10 Å². The Kier molecular flexibility index (Phi) is 6.48. The third-order valence-electron chi connectivity index (χ3n) is 3.36. The molecule has 24 heavy (non-hydrogen) atoms. The molecule has 0 aliphatic rings. The van der Waals surface area contributed by atoms with Gasteiger partial charge in [0.05, 0.1) is 26.5 Å². The molecule has 0 atom stereocenters. The Bertz CT molecular complexity index is 720. The Balaban J connectivity index is 2.15. The van der Waals surface area contributed by atoms with Gasteiger partial charge >= 0.3 is 0 Å². The van der Waals surface area contributed by atoms with Crippen molar-refractivity contribution in [1.82, 2.24) is 5.43 Å². The fourth-order valence-electron chi connectivity index (χ4n) is 2.12. The number of hydrazone groups is 1. The molecule has 0 fully saturated rings. The third-order valence-corrected chi connectivity index (χ3v) is 3.89. The SMILES string of the molecule is COc1cc(C(=O)NN=Cc2ccc(Br)cc2)cc(CO)c1CO. The Morgan fingerprint density at radius 2 is 1.96 bits per heavy atom. The van der Waals surface area contributed by atoms with Crippen LogP contribution in [0.5, 0.6) is 5.75 Å². The fraction of sp³-hybridized carbons (Fsp3) is 0.176. The minimum Gasteiger partial charge on any atom is -0.496 e. The van der Waals surface area contributed by atoms with Gasteiger partial charge in [0.15, 0.2) is 0 Å². The van der Waals surface area contributed by atoms with Crippen LogP contribution in [-0.4, -0.2) is 29.4 Å². The Morgan fingerprint density at radius 3 is 2.54 bits per heavy atom. The molecule has 0 bridgehead atoms. The van der Waals surface area contributed by atoms with Crippen molar-refractivity contribution < 1.29 is 19.7 Å². The lowest BCUT2D eigenvalue weighted by atomic mass is 10.0. The van der Waals surface area contributed by atoms with Gasteiger partial charge in [-0.15, -0.1) is 0 Å². The number of ether oxygens (including phenoxy) is 1. The van der Waals surface area contributed by atoms with Crippen LogP contribution in [0.1, 0.15) is 27.0 Å². The van der Waals surface area contributed by atoms with Crippen molar-refractivity contribution in [2.45, 2.75) is 13.2 Å². The number of nitrogens with zero attached hydrogens (tertiary/aromatic N) is 1. The molecular formula is C17H17BrN2O4. The smallest absolute Gasteiger partial charge is 0.271 e. The predicted octanol–water partition coefficient (Wildman–Crippen LogP) is 2.21. The van der Waals surface area contributed by atoms with E-state index >= 15 is 0 Å². The maximum Gasteiger partial charge on any atom is 0.271 e. The zero-order valence-electron chi connectivity index (χ0n) is 13.0. The molecule has 2 rings (SSSR count). The zero-order chi connectivity index (χ0) is 17.5. The normalized spacial score (nSPS) is 10.8. The Labute approximate surface area is 147 Å². The van der Waals surface area contributed by atoms with E-state index < -0.39 is 5.91 Å². The lowest BCUT2D eigenvalue weighted by Gasteiger charge is -2.12. The van der Waals surface area contributed by atoms with Gasteiger partial charge in [0.1, 0.15) is 5.75 Å². The number of rotatable bonds is 6. The first-order valence-corrected chi connectivity index (χ1v) is 7.88. The highest BCUT2D eigenvalue weighted by Crippen LogP contribution is 2.25. The summed E-state index contributed by atoms with van der Waals surface area (Å²) in [5.74, 6) is -0.105. The molecule has 0 unspecified atom stereocenters. The van der Waals surface area contributed by atoms with Crippen LogP contribution < -0.4 is 10.2 Å². The van der Waals surface area contributed by atoms with Crippen LogP contribution in [0.2, 0.25) is 0 Å². The van der Waals surface area contributed by atoms with Gasteiger partial charge in [0, 0.05) is 15.6 Å². The number of amides is 1. The van der Waals surface area contributed by atoms with E-state index in [1.807, 2.05) is 24.3 Å². The monoisotopic (exact) mass is 392 g/mol. The van der Waals surface area contributed by atoms with Crippen LogP contribution >= 0.6 is 15.9 Å². The molecule has 0 heterocycles. The standard InChI is InChI=1S/C17H17BrN2O4/c1-24-16-7-12(6-13(9-21)15(16)10-22)17(23)20-19-8-11-2-4-14(18)5-3-11/h2-8,21-22H,9-10H2,1H3,(H,20,23). The maximum atomic E-state index is 12.2. The number of benzene rings is 2. The van der Waals surface area contributed by atoms with Gasteiger partial charge in [-0.3, -0.25) is 4.79 Å². The molecular weight excluding hydrogens is 376 g/mol. The average Bonchev–Trinajstić information content (AvgIpc) is 2.61. The molecule has 1 amide bonds. The second-order valence-corrected chi connectivity index (χ2v) is 5.80. The first kappa shape index (κ1) is 18.1. The zero-order valence-corrected chi connectivity index (χ0v) is 14.6. The van der Waals surface area contributed by atoms with Gasteiger partial charge in [-0.05, 0) is 35.4 Å². The molecule has 0 aromatic heterocycles. The highest BCUT2D eigenvalue weighted by atomic mass is 79.9. The highest BCUT2D eigenvalue weighted by molar-refractivity contribution is 9.10. The van der Waals surface area contributed by atoms with E-state index in [0.29, 0.717) is 16.9 Å². The molecule has 0 aliphatic heterocycles. The summed E-state index contributed by atoms with van der Waals surface area (Å²) in [5.41, 5.74) is 4.42. The first-order valence-electron chi connectivity index (χ1n) is 7.09. The van der Waals surface area contributed by atoms with E-state index in [0.717, 1.165) is 10.0 Å². The molecule has 0 saturated carbocycles. The Hall–Kier alpha value is -2.22. The fourth-order valence-corrected chi connectivity index (χ4v) is 2.38. The summed E-state index contributed by atoms with van der Waals surface area (Å²) >= 11 is 3.34. The van der Waals surface area contributed by atoms with Crippen LogP contribution in [0.4, 0.5) is 0 Å². The molecule has 0 radical (unpaired) electrons. The van der Waals surface area contributed by atoms with E-state index in [1.54, 1.807) is 0 Å². The lowest BCUT2D eigenvalue weighted by molar-refractivity contribution is 0.0954. The number of aliphatic hydroxyl groups is 2. The van der Waals surface area contributed by atoms with Crippen LogP contribution in [0, 0.1) is 0 Å². The van der Waals surface area contributed by atoms with Crippen LogP contribution in [-0.2, 0) is 13.2 Å². The van der Waals surface area contributed by atoms with Crippen molar-refractivity contribution in [2.24, 2.45) is 5.10 Å². The van der Waals surface area contributed by atoms with E-state index in [4.69, 9.17) is 4.74 Å². The summed E-state index contributed by atoms with van der Waals surface area (Å²) in [6.45, 7) is -0.599. The maximum absolute atomic E-state index is 12.2. The van der Waals surface area contributed by atoms with Crippen molar-refractivity contribution in [3.63, 3.8) is 0 Å². The molecule has 6 nitrogen and oxygen atoms in total. The molecule has 0 saturated heterocycles. The van der Waals surface area contributed by atoms with Crippen LogP contribution in [0.15, 0.2) is 46.0 Å². The molecule has 7 heteroatoms. The second-order valence-electron chi connectivity index (χ2n) is 4.88. The minimum absolute atomic E-state index is 0.279. The van der Waals surface area contributed by atoms with Gasteiger partial charge in [-0.1, -0.05) is 28.1 Å². The van der Waals surface area contributed by atoms with Crippen molar-refractivity contribution in [3.8, 4) is 5.75 Å². The number of hydrogen-bond donors (Lipinski definition) is 3. The topological polar surface area (TPSA) is 91.2 Å². The van der Waals surface area contributed by atoms with E-state index in [-0.39, 0.29) is 18.8 Å². The summed E-state index contributed by atoms with van der Waals surface area (Å²) < 4.78 is 6.12. The quantitative estimate of drug-likeness (QED) is 0.519. The molecule has 0 aliphatic carbocycles. The summed E-state index contributed by atoms with van der Waals surface area (Å²) in [6, 6.07) is 10.4. The van der Waals surface area contributed by atoms with Gasteiger partial charge in [0.25, 0.3) is 5.91 Å². The Morgan fingerprint density at radius 1 is 1.25 bits per heavy atom. The van der Waals surface area contributed by atoms with Gasteiger partial charge in [-0.25, -0.2) is 5.43 Å². The van der Waals surface area contributed by atoms with Crippen molar-refractivity contribution in [2.75, 3.05) is 7.11 Å². The molecule has 2 aromatic carbocycles. The minimum atomic E-state index is -0.444. The van der Waals surface area contributed by atoms with Crippen LogP contribution in [0.25, 0.3) is 0 Å². The number of nitrogens with one attached hydrogen (secondary N) is 1.